The number of nitro groups is 1. The van der Waals surface area contributed by atoms with Gasteiger partial charge >= 0.3 is 0 Å². The van der Waals surface area contributed by atoms with E-state index in [9.17, 15) is 14.9 Å². The molecule has 0 aromatic heterocycles. The fraction of sp³-hybridized carbons (Fsp3) is 0.381. The Hall–Kier alpha value is -2.89. The van der Waals surface area contributed by atoms with Gasteiger partial charge in [0.25, 0.3) is 5.69 Å². The summed E-state index contributed by atoms with van der Waals surface area (Å²) in [7, 11) is 0. The quantitative estimate of drug-likeness (QED) is 0.602. The number of fused-ring (bicyclic) bond motifs is 2. The number of anilines is 2. The van der Waals surface area contributed by atoms with E-state index < -0.39 is 4.92 Å². The van der Waals surface area contributed by atoms with Crippen LogP contribution in [0.15, 0.2) is 48.5 Å². The first kappa shape index (κ1) is 17.5. The average Bonchev–Trinajstić information content (AvgIpc) is 2.77. The number of nitrogens with zero attached hydrogens (tertiary/aromatic N) is 1. The first-order chi connectivity index (χ1) is 12.8. The summed E-state index contributed by atoms with van der Waals surface area (Å²) in [6.07, 6.45) is 1.43. The van der Waals surface area contributed by atoms with E-state index in [1.165, 1.54) is 12.1 Å². The van der Waals surface area contributed by atoms with E-state index in [4.69, 9.17) is 0 Å². The number of nitro benzene ring substituents is 1. The van der Waals surface area contributed by atoms with Crippen molar-refractivity contribution < 1.29 is 9.72 Å². The summed E-state index contributed by atoms with van der Waals surface area (Å²) in [5, 5.41) is 18.1. The van der Waals surface area contributed by atoms with Crippen LogP contribution in [0.5, 0.6) is 0 Å². The summed E-state index contributed by atoms with van der Waals surface area (Å²) < 4.78 is 0. The first-order valence-electron chi connectivity index (χ1n) is 9.23. The Bertz CT molecular complexity index is 892. The van der Waals surface area contributed by atoms with Crippen molar-refractivity contribution >= 4 is 22.8 Å². The number of nitrogens with one attached hydrogen (secondary N) is 2. The number of ketones is 1. The van der Waals surface area contributed by atoms with Crippen molar-refractivity contribution in [3.8, 4) is 0 Å². The van der Waals surface area contributed by atoms with E-state index in [0.29, 0.717) is 6.42 Å². The van der Waals surface area contributed by atoms with Gasteiger partial charge in [-0.2, -0.15) is 0 Å². The number of para-hydroxylation sites is 2. The maximum Gasteiger partial charge on any atom is 0.269 e. The number of benzene rings is 2. The van der Waals surface area contributed by atoms with E-state index >= 15 is 0 Å². The highest BCUT2D eigenvalue weighted by atomic mass is 16.6. The fourth-order valence-corrected chi connectivity index (χ4v) is 4.45. The lowest BCUT2D eigenvalue weighted by Gasteiger charge is -2.42. The molecule has 1 heterocycles. The summed E-state index contributed by atoms with van der Waals surface area (Å²) in [5.74, 6) is -0.000657. The zero-order valence-electron chi connectivity index (χ0n) is 15.4. The van der Waals surface area contributed by atoms with E-state index in [0.717, 1.165) is 23.4 Å². The van der Waals surface area contributed by atoms with Crippen molar-refractivity contribution in [2.45, 2.75) is 38.8 Å². The van der Waals surface area contributed by atoms with Gasteiger partial charge in [-0.05, 0) is 29.5 Å². The molecule has 3 unspecified atom stereocenters. The monoisotopic (exact) mass is 365 g/mol. The standard InChI is InChI=1S/C21H23N3O3/c1-21(2)11-17-19(18(25)12-21)20(13-7-9-14(10-8-13)24(26)27)23-16-6-4-3-5-15(16)22-17/h3-10,17,19-20,22-23H,11-12H2,1-2H3. The van der Waals surface area contributed by atoms with Crippen molar-refractivity contribution in [2.24, 2.45) is 11.3 Å². The van der Waals surface area contributed by atoms with Gasteiger partial charge in [0.2, 0.25) is 0 Å². The third kappa shape index (κ3) is 3.27. The highest BCUT2D eigenvalue weighted by Gasteiger charge is 2.46. The summed E-state index contributed by atoms with van der Waals surface area (Å²) in [4.78, 5) is 23.7. The molecule has 0 saturated heterocycles. The molecule has 2 aromatic rings. The number of non-ortho nitro benzene ring substituents is 1. The normalized spacial score (nSPS) is 26.0. The van der Waals surface area contributed by atoms with Crippen LogP contribution < -0.4 is 10.6 Å². The smallest absolute Gasteiger partial charge is 0.269 e. The lowest BCUT2D eigenvalue weighted by Crippen LogP contribution is -2.47. The minimum absolute atomic E-state index is 0.0117. The van der Waals surface area contributed by atoms with E-state index in [2.05, 4.69) is 24.5 Å². The summed E-state index contributed by atoms with van der Waals surface area (Å²) >= 11 is 0. The second kappa shape index (κ2) is 6.37. The number of Topliss-reactive ketones (excluding diaryl/α,β-unsaturated/α-hetero) is 1. The van der Waals surface area contributed by atoms with Crippen molar-refractivity contribution in [1.82, 2.24) is 0 Å². The minimum atomic E-state index is -0.405. The highest BCUT2D eigenvalue weighted by Crippen LogP contribution is 2.46. The van der Waals surface area contributed by atoms with Crippen LogP contribution in [0.1, 0.15) is 38.3 Å². The number of carbonyl (C=O) groups is 1. The minimum Gasteiger partial charge on any atom is -0.380 e. The van der Waals surface area contributed by atoms with Crippen LogP contribution in [0.25, 0.3) is 0 Å². The molecule has 27 heavy (non-hydrogen) atoms. The van der Waals surface area contributed by atoms with Gasteiger partial charge in [0.15, 0.2) is 0 Å². The van der Waals surface area contributed by atoms with Crippen LogP contribution in [0.3, 0.4) is 0 Å². The van der Waals surface area contributed by atoms with Gasteiger partial charge in [-0.3, -0.25) is 14.9 Å². The van der Waals surface area contributed by atoms with Crippen molar-refractivity contribution in [3.63, 3.8) is 0 Å². The molecule has 1 saturated carbocycles. The van der Waals surface area contributed by atoms with Gasteiger partial charge in [0.05, 0.1) is 28.3 Å². The molecule has 2 aliphatic rings. The lowest BCUT2D eigenvalue weighted by atomic mass is 9.66. The lowest BCUT2D eigenvalue weighted by molar-refractivity contribution is -0.384. The molecule has 0 radical (unpaired) electrons. The van der Waals surface area contributed by atoms with Gasteiger partial charge in [-0.15, -0.1) is 0 Å². The van der Waals surface area contributed by atoms with Crippen LogP contribution in [0.2, 0.25) is 0 Å². The Labute approximate surface area is 158 Å². The Morgan fingerprint density at radius 2 is 1.67 bits per heavy atom. The molecule has 3 atom stereocenters. The Kier molecular flexibility index (Phi) is 4.13. The molecule has 2 N–H and O–H groups in total. The van der Waals surface area contributed by atoms with Gasteiger partial charge in [-0.1, -0.05) is 38.1 Å². The predicted octanol–water partition coefficient (Wildman–Crippen LogP) is 4.55. The topological polar surface area (TPSA) is 84.3 Å². The molecule has 2 aromatic carbocycles. The number of carbonyl (C=O) groups excluding carboxylic acids is 1. The zero-order valence-corrected chi connectivity index (χ0v) is 15.4. The van der Waals surface area contributed by atoms with Crippen LogP contribution in [0.4, 0.5) is 17.1 Å². The summed E-state index contributed by atoms with van der Waals surface area (Å²) in [6, 6.07) is 14.3. The molecular formula is C21H23N3O3. The van der Waals surface area contributed by atoms with Gasteiger partial charge < -0.3 is 10.6 Å². The molecule has 6 heteroatoms. The SMILES string of the molecule is CC1(C)CC(=O)C2C(C1)Nc1ccccc1NC2c1ccc([N+](=O)[O-])cc1. The van der Waals surface area contributed by atoms with Crippen LogP contribution in [-0.2, 0) is 4.79 Å². The van der Waals surface area contributed by atoms with Crippen molar-refractivity contribution in [2.75, 3.05) is 10.6 Å². The fourth-order valence-electron chi connectivity index (χ4n) is 4.45. The second-order valence-electron chi connectivity index (χ2n) is 8.30. The summed E-state index contributed by atoms with van der Waals surface area (Å²) in [5.41, 5.74) is 2.83. The maximum atomic E-state index is 13.1. The highest BCUT2D eigenvalue weighted by molar-refractivity contribution is 5.87. The predicted molar refractivity (Wildman–Crippen MR) is 105 cm³/mol. The molecule has 0 bridgehead atoms. The number of hydrogen-bond acceptors (Lipinski definition) is 5. The molecule has 1 aliphatic carbocycles. The van der Waals surface area contributed by atoms with E-state index in [1.54, 1.807) is 12.1 Å². The van der Waals surface area contributed by atoms with Crippen molar-refractivity contribution in [3.05, 3.63) is 64.2 Å². The largest absolute Gasteiger partial charge is 0.380 e. The van der Waals surface area contributed by atoms with Crippen molar-refractivity contribution in [1.29, 1.82) is 0 Å². The molecular weight excluding hydrogens is 342 g/mol. The van der Waals surface area contributed by atoms with Gasteiger partial charge in [0, 0.05) is 24.6 Å². The molecule has 140 valence electrons. The molecule has 1 fully saturated rings. The number of hydrogen-bond donors (Lipinski definition) is 2. The molecule has 0 spiro atoms. The molecule has 1 aliphatic heterocycles. The van der Waals surface area contributed by atoms with Crippen LogP contribution in [-0.4, -0.2) is 16.7 Å². The number of rotatable bonds is 2. The van der Waals surface area contributed by atoms with E-state index in [1.807, 2.05) is 24.3 Å². The molecule has 4 rings (SSSR count). The Morgan fingerprint density at radius 1 is 1.04 bits per heavy atom. The molecule has 0 amide bonds. The van der Waals surface area contributed by atoms with Crippen LogP contribution >= 0.6 is 0 Å². The average molecular weight is 365 g/mol. The third-order valence-corrected chi connectivity index (χ3v) is 5.63. The maximum absolute atomic E-state index is 13.1. The Morgan fingerprint density at radius 3 is 2.30 bits per heavy atom. The third-order valence-electron chi connectivity index (χ3n) is 5.63. The zero-order chi connectivity index (χ0) is 19.2. The van der Waals surface area contributed by atoms with Gasteiger partial charge in [-0.25, -0.2) is 0 Å². The van der Waals surface area contributed by atoms with E-state index in [-0.39, 0.29) is 34.9 Å². The second-order valence-corrected chi connectivity index (χ2v) is 8.30. The summed E-state index contributed by atoms with van der Waals surface area (Å²) in [6.45, 7) is 4.27. The Balaban J connectivity index is 1.78. The van der Waals surface area contributed by atoms with Crippen LogP contribution in [0, 0.1) is 21.4 Å². The molecule has 6 nitrogen and oxygen atoms in total. The van der Waals surface area contributed by atoms with Gasteiger partial charge in [0.1, 0.15) is 5.78 Å². The first-order valence-corrected chi connectivity index (χ1v) is 9.23.